The van der Waals surface area contributed by atoms with Gasteiger partial charge in [-0.15, -0.1) is 0 Å². The van der Waals surface area contributed by atoms with Crippen LogP contribution in [0.15, 0.2) is 23.1 Å². The molecule has 0 aliphatic heterocycles. The second-order valence-electron chi connectivity index (χ2n) is 7.19. The summed E-state index contributed by atoms with van der Waals surface area (Å²) in [4.78, 5) is 24.0. The predicted octanol–water partition coefficient (Wildman–Crippen LogP) is 3.79. The standard InChI is InChI=1S/C20H27NO5/c1-6-21-9-15(20(23)24)19(22)14-7-17(25-10-12(2)3)18(8-16(14)21)26-11-13(4)5/h7-9,12-13H,6,10-11H2,1-5H3,(H,23,24). The summed E-state index contributed by atoms with van der Waals surface area (Å²) in [6, 6.07) is 3.37. The van der Waals surface area contributed by atoms with Gasteiger partial charge in [-0.3, -0.25) is 4.79 Å². The van der Waals surface area contributed by atoms with Crippen molar-refractivity contribution in [3.05, 3.63) is 34.1 Å². The van der Waals surface area contributed by atoms with E-state index in [1.165, 1.54) is 6.20 Å². The van der Waals surface area contributed by atoms with Crippen molar-refractivity contribution in [1.29, 1.82) is 0 Å². The van der Waals surface area contributed by atoms with Crippen molar-refractivity contribution < 1.29 is 19.4 Å². The van der Waals surface area contributed by atoms with Gasteiger partial charge < -0.3 is 19.1 Å². The van der Waals surface area contributed by atoms with Gasteiger partial charge in [-0.1, -0.05) is 27.7 Å². The molecule has 1 aromatic carbocycles. The van der Waals surface area contributed by atoms with E-state index in [1.807, 2.05) is 20.8 Å². The maximum Gasteiger partial charge on any atom is 0.341 e. The summed E-state index contributed by atoms with van der Waals surface area (Å²) in [7, 11) is 0. The molecule has 0 bridgehead atoms. The highest BCUT2D eigenvalue weighted by atomic mass is 16.5. The van der Waals surface area contributed by atoms with Gasteiger partial charge >= 0.3 is 5.97 Å². The molecule has 0 unspecified atom stereocenters. The molecule has 0 atom stereocenters. The molecule has 26 heavy (non-hydrogen) atoms. The Kier molecular flexibility index (Phi) is 6.29. The molecule has 1 aromatic heterocycles. The van der Waals surface area contributed by atoms with Crippen molar-refractivity contribution in [1.82, 2.24) is 4.57 Å². The van der Waals surface area contributed by atoms with E-state index in [4.69, 9.17) is 9.47 Å². The van der Waals surface area contributed by atoms with Crippen molar-refractivity contribution in [2.75, 3.05) is 13.2 Å². The van der Waals surface area contributed by atoms with Crippen molar-refractivity contribution >= 4 is 16.9 Å². The lowest BCUT2D eigenvalue weighted by Gasteiger charge is -2.18. The zero-order valence-corrected chi connectivity index (χ0v) is 16.0. The Morgan fingerprint density at radius 3 is 2.08 bits per heavy atom. The lowest BCUT2D eigenvalue weighted by atomic mass is 10.1. The predicted molar refractivity (Wildman–Crippen MR) is 102 cm³/mol. The first-order chi connectivity index (χ1) is 12.2. The number of nitrogens with zero attached hydrogens (tertiary/aromatic N) is 1. The number of hydrogen-bond donors (Lipinski definition) is 1. The SMILES string of the molecule is CCn1cc(C(=O)O)c(=O)c2cc(OCC(C)C)c(OCC(C)C)cc21. The molecule has 0 saturated carbocycles. The molecular formula is C20H27NO5. The third-order valence-electron chi connectivity index (χ3n) is 3.86. The molecule has 0 amide bonds. The number of aryl methyl sites for hydroxylation is 1. The van der Waals surface area contributed by atoms with Gasteiger partial charge in [-0.2, -0.15) is 0 Å². The van der Waals surface area contributed by atoms with E-state index in [0.29, 0.717) is 54.0 Å². The molecule has 1 heterocycles. The zero-order valence-electron chi connectivity index (χ0n) is 16.0. The highest BCUT2D eigenvalue weighted by Crippen LogP contribution is 2.32. The van der Waals surface area contributed by atoms with E-state index >= 15 is 0 Å². The molecule has 0 aliphatic carbocycles. The molecule has 0 fully saturated rings. The topological polar surface area (TPSA) is 77.8 Å². The van der Waals surface area contributed by atoms with Crippen LogP contribution in [0.5, 0.6) is 11.5 Å². The number of pyridine rings is 1. The first kappa shape index (κ1) is 19.8. The number of ether oxygens (including phenoxy) is 2. The second kappa shape index (κ2) is 8.25. The molecule has 1 N–H and O–H groups in total. The van der Waals surface area contributed by atoms with Gasteiger partial charge in [0.15, 0.2) is 11.5 Å². The normalized spacial score (nSPS) is 11.3. The number of aromatic carboxylic acids is 1. The van der Waals surface area contributed by atoms with Crippen LogP contribution in [0.3, 0.4) is 0 Å². The third kappa shape index (κ3) is 4.36. The molecule has 0 aliphatic rings. The Hall–Kier alpha value is -2.50. The van der Waals surface area contributed by atoms with E-state index in [0.717, 1.165) is 0 Å². The summed E-state index contributed by atoms with van der Waals surface area (Å²) in [6.07, 6.45) is 1.38. The Bertz CT molecular complexity index is 851. The minimum atomic E-state index is -1.23. The molecule has 0 saturated heterocycles. The zero-order chi connectivity index (χ0) is 19.4. The van der Waals surface area contributed by atoms with E-state index in [2.05, 4.69) is 13.8 Å². The summed E-state index contributed by atoms with van der Waals surface area (Å²) in [5.41, 5.74) is -0.120. The summed E-state index contributed by atoms with van der Waals surface area (Å²) in [5.74, 6) is 0.447. The number of carboxylic acid groups (broad SMARTS) is 1. The molecule has 6 nitrogen and oxygen atoms in total. The maximum absolute atomic E-state index is 12.6. The van der Waals surface area contributed by atoms with E-state index in [-0.39, 0.29) is 5.56 Å². The van der Waals surface area contributed by atoms with Crippen LogP contribution in [0.25, 0.3) is 10.9 Å². The maximum atomic E-state index is 12.6. The number of carbonyl (C=O) groups is 1. The number of rotatable bonds is 8. The van der Waals surface area contributed by atoms with Crippen LogP contribution in [-0.2, 0) is 6.54 Å². The van der Waals surface area contributed by atoms with Crippen LogP contribution in [0.1, 0.15) is 45.0 Å². The van der Waals surface area contributed by atoms with Crippen molar-refractivity contribution in [3.8, 4) is 11.5 Å². The molecule has 0 spiro atoms. The lowest BCUT2D eigenvalue weighted by Crippen LogP contribution is -2.19. The van der Waals surface area contributed by atoms with Gasteiger partial charge in [0.25, 0.3) is 0 Å². The van der Waals surface area contributed by atoms with Crippen LogP contribution in [0.2, 0.25) is 0 Å². The summed E-state index contributed by atoms with van der Waals surface area (Å²) in [6.45, 7) is 11.6. The third-order valence-corrected chi connectivity index (χ3v) is 3.86. The first-order valence-electron chi connectivity index (χ1n) is 8.94. The van der Waals surface area contributed by atoms with Crippen LogP contribution in [0, 0.1) is 11.8 Å². The van der Waals surface area contributed by atoms with Crippen LogP contribution in [0.4, 0.5) is 0 Å². The van der Waals surface area contributed by atoms with Gasteiger partial charge in [0.1, 0.15) is 5.56 Å². The number of carboxylic acids is 1. The number of hydrogen-bond acceptors (Lipinski definition) is 4. The molecule has 0 radical (unpaired) electrons. The number of benzene rings is 1. The van der Waals surface area contributed by atoms with E-state index in [9.17, 15) is 14.7 Å². The van der Waals surface area contributed by atoms with Gasteiger partial charge in [0, 0.05) is 18.8 Å². The Balaban J connectivity index is 2.68. The van der Waals surface area contributed by atoms with Crippen LogP contribution in [-0.4, -0.2) is 28.9 Å². The fourth-order valence-electron chi connectivity index (χ4n) is 2.55. The number of aromatic nitrogens is 1. The fourth-order valence-corrected chi connectivity index (χ4v) is 2.55. The van der Waals surface area contributed by atoms with Gasteiger partial charge in [-0.05, 0) is 24.8 Å². The summed E-state index contributed by atoms with van der Waals surface area (Å²) >= 11 is 0. The van der Waals surface area contributed by atoms with Crippen molar-refractivity contribution in [2.24, 2.45) is 11.8 Å². The van der Waals surface area contributed by atoms with Crippen molar-refractivity contribution in [2.45, 2.75) is 41.2 Å². The average Bonchev–Trinajstić information content (AvgIpc) is 2.57. The molecule has 6 heteroatoms. The molecule has 142 valence electrons. The Labute approximate surface area is 153 Å². The fraction of sp³-hybridized carbons (Fsp3) is 0.500. The smallest absolute Gasteiger partial charge is 0.341 e. The highest BCUT2D eigenvalue weighted by molar-refractivity contribution is 5.93. The molecular weight excluding hydrogens is 334 g/mol. The minimum absolute atomic E-state index is 0.245. The van der Waals surface area contributed by atoms with Gasteiger partial charge in [-0.25, -0.2) is 4.79 Å². The molecule has 2 rings (SSSR count). The summed E-state index contributed by atoms with van der Waals surface area (Å²) in [5, 5.41) is 9.64. The highest BCUT2D eigenvalue weighted by Gasteiger charge is 2.18. The van der Waals surface area contributed by atoms with E-state index in [1.54, 1.807) is 16.7 Å². The van der Waals surface area contributed by atoms with Crippen LogP contribution < -0.4 is 14.9 Å². The van der Waals surface area contributed by atoms with Crippen molar-refractivity contribution in [3.63, 3.8) is 0 Å². The number of fused-ring (bicyclic) bond motifs is 1. The summed E-state index contributed by atoms with van der Waals surface area (Å²) < 4.78 is 13.5. The Morgan fingerprint density at radius 1 is 1.08 bits per heavy atom. The largest absolute Gasteiger partial charge is 0.489 e. The minimum Gasteiger partial charge on any atom is -0.489 e. The molecule has 2 aromatic rings. The Morgan fingerprint density at radius 2 is 1.62 bits per heavy atom. The quantitative estimate of drug-likeness (QED) is 0.774. The second-order valence-corrected chi connectivity index (χ2v) is 7.19. The van der Waals surface area contributed by atoms with E-state index < -0.39 is 11.4 Å². The monoisotopic (exact) mass is 361 g/mol. The first-order valence-corrected chi connectivity index (χ1v) is 8.94. The average molecular weight is 361 g/mol. The van der Waals surface area contributed by atoms with Crippen LogP contribution >= 0.6 is 0 Å². The van der Waals surface area contributed by atoms with Gasteiger partial charge in [0.05, 0.1) is 24.1 Å². The lowest BCUT2D eigenvalue weighted by molar-refractivity contribution is 0.0695. The van der Waals surface area contributed by atoms with Gasteiger partial charge in [0.2, 0.25) is 5.43 Å².